The van der Waals surface area contributed by atoms with Crippen LogP contribution < -0.4 is 19.8 Å². The Morgan fingerprint density at radius 3 is 1.41 bits per heavy atom. The molecule has 3 aliphatic rings. The van der Waals surface area contributed by atoms with Crippen molar-refractivity contribution < 1.29 is 9.13 Å². The van der Waals surface area contributed by atoms with E-state index in [9.17, 15) is 0 Å². The van der Waals surface area contributed by atoms with E-state index in [1.54, 1.807) is 0 Å². The van der Waals surface area contributed by atoms with E-state index in [-0.39, 0.29) is 0 Å². The lowest BCUT2D eigenvalue weighted by molar-refractivity contribution is -0.683. The molecule has 168 valence electrons. The molecule has 0 unspecified atom stereocenters. The van der Waals surface area contributed by atoms with E-state index in [2.05, 4.69) is 117 Å². The fourth-order valence-electron chi connectivity index (χ4n) is 5.00. The number of aryl methyl sites for hydroxylation is 2. The van der Waals surface area contributed by atoms with Crippen molar-refractivity contribution >= 4 is 33.2 Å². The van der Waals surface area contributed by atoms with Crippen LogP contribution in [0.2, 0.25) is 0 Å². The molecule has 0 aliphatic carbocycles. The second-order valence-corrected chi connectivity index (χ2v) is 9.11. The summed E-state index contributed by atoms with van der Waals surface area (Å²) in [6, 6.07) is 30.8. The maximum absolute atomic E-state index is 3.66. The fraction of sp³-hybridized carbons (Fsp3) is 0.200. The van der Waals surface area contributed by atoms with Crippen molar-refractivity contribution in [2.24, 2.45) is 0 Å². The summed E-state index contributed by atoms with van der Waals surface area (Å²) in [5.41, 5.74) is 7.51. The van der Waals surface area contributed by atoms with Gasteiger partial charge in [0.05, 0.1) is 22.1 Å². The summed E-state index contributed by atoms with van der Waals surface area (Å²) in [5, 5.41) is 9.88. The van der Waals surface area contributed by atoms with Crippen LogP contribution in [0.1, 0.15) is 24.0 Å². The molecule has 8 rings (SSSR count). The molecule has 6 bridgehead atoms. The average molecular weight is 447 g/mol. The van der Waals surface area contributed by atoms with Crippen molar-refractivity contribution in [1.82, 2.24) is 0 Å². The summed E-state index contributed by atoms with van der Waals surface area (Å²) in [7, 11) is 0. The number of fused-ring (bicyclic) bond motifs is 3. The molecule has 4 nitrogen and oxygen atoms in total. The van der Waals surface area contributed by atoms with Gasteiger partial charge in [0.1, 0.15) is 13.1 Å². The normalized spacial score (nSPS) is 14.2. The lowest BCUT2D eigenvalue weighted by atomic mass is 10.1. The van der Waals surface area contributed by atoms with Gasteiger partial charge in [-0.1, -0.05) is 48.5 Å². The first-order chi connectivity index (χ1) is 16.8. The Hall–Kier alpha value is -3.92. The Kier molecular flexibility index (Phi) is 5.56. The number of aromatic nitrogens is 2. The molecule has 0 amide bonds. The lowest BCUT2D eigenvalue weighted by Gasteiger charge is -2.12. The summed E-state index contributed by atoms with van der Waals surface area (Å²) in [6.07, 6.45) is 6.73. The van der Waals surface area contributed by atoms with Crippen LogP contribution in [0, 0.1) is 0 Å². The minimum Gasteiger partial charge on any atom is -0.380 e. The molecule has 4 heteroatoms. The quantitative estimate of drug-likeness (QED) is 0.304. The molecule has 0 saturated heterocycles. The summed E-state index contributed by atoms with van der Waals surface area (Å²) < 4.78 is 4.78. The summed E-state index contributed by atoms with van der Waals surface area (Å²) >= 11 is 0. The molecule has 5 aromatic rings. The molecule has 0 spiro atoms. The number of nitrogens with one attached hydrogen (secondary N) is 2. The minimum atomic E-state index is 0.811. The van der Waals surface area contributed by atoms with Crippen LogP contribution in [0.5, 0.6) is 0 Å². The van der Waals surface area contributed by atoms with Crippen molar-refractivity contribution in [3.63, 3.8) is 0 Å². The number of anilines is 2. The van der Waals surface area contributed by atoms with Crippen LogP contribution in [0.4, 0.5) is 11.4 Å². The zero-order chi connectivity index (χ0) is 22.7. The SMILES string of the molecule is c1ccc2c(c1)c1cc[n+]2CCCC[n+]2ccc(c3ccccc32)NCc2ccc(cc2)CN1. The van der Waals surface area contributed by atoms with Gasteiger partial charge in [0.25, 0.3) is 0 Å². The summed E-state index contributed by atoms with van der Waals surface area (Å²) in [5.74, 6) is 0. The topological polar surface area (TPSA) is 31.8 Å². The van der Waals surface area contributed by atoms with Gasteiger partial charge in [0.2, 0.25) is 11.0 Å². The number of para-hydroxylation sites is 2. The van der Waals surface area contributed by atoms with E-state index in [0.29, 0.717) is 0 Å². The molecule has 34 heavy (non-hydrogen) atoms. The van der Waals surface area contributed by atoms with Crippen LogP contribution in [0.3, 0.4) is 0 Å². The molecule has 5 heterocycles. The molecule has 0 saturated carbocycles. The highest BCUT2D eigenvalue weighted by molar-refractivity contribution is 5.89. The molecular formula is C30H30N4+2. The van der Waals surface area contributed by atoms with Gasteiger partial charge in [-0.05, 0) is 23.3 Å². The van der Waals surface area contributed by atoms with Gasteiger partial charge in [0, 0.05) is 50.2 Å². The Morgan fingerprint density at radius 1 is 0.500 bits per heavy atom. The highest BCUT2D eigenvalue weighted by Crippen LogP contribution is 2.23. The van der Waals surface area contributed by atoms with Crippen LogP contribution in [0.15, 0.2) is 97.3 Å². The molecular weight excluding hydrogens is 416 g/mol. The van der Waals surface area contributed by atoms with E-state index < -0.39 is 0 Å². The van der Waals surface area contributed by atoms with E-state index >= 15 is 0 Å². The van der Waals surface area contributed by atoms with Crippen molar-refractivity contribution in [2.75, 3.05) is 10.6 Å². The molecule has 2 N–H and O–H groups in total. The van der Waals surface area contributed by atoms with Gasteiger partial charge in [-0.15, -0.1) is 0 Å². The van der Waals surface area contributed by atoms with Crippen molar-refractivity contribution in [3.05, 3.63) is 108 Å². The Balaban J connectivity index is 1.38. The number of pyridine rings is 2. The highest BCUT2D eigenvalue weighted by Gasteiger charge is 2.15. The third-order valence-corrected chi connectivity index (χ3v) is 6.89. The van der Waals surface area contributed by atoms with Crippen molar-refractivity contribution in [1.29, 1.82) is 0 Å². The number of hydrogen-bond acceptors (Lipinski definition) is 2. The van der Waals surface area contributed by atoms with Gasteiger partial charge < -0.3 is 10.6 Å². The average Bonchev–Trinajstić information content (AvgIpc) is 2.89. The first kappa shape index (κ1) is 20.7. The molecule has 3 aromatic carbocycles. The zero-order valence-electron chi connectivity index (χ0n) is 19.4. The zero-order valence-corrected chi connectivity index (χ0v) is 19.4. The maximum atomic E-state index is 3.66. The number of hydrogen-bond donors (Lipinski definition) is 2. The lowest BCUT2D eigenvalue weighted by Crippen LogP contribution is -2.37. The number of nitrogens with zero attached hydrogens (tertiary/aromatic N) is 2. The van der Waals surface area contributed by atoms with Gasteiger partial charge >= 0.3 is 0 Å². The van der Waals surface area contributed by atoms with E-state index in [1.165, 1.54) is 44.3 Å². The monoisotopic (exact) mass is 446 g/mol. The second-order valence-electron chi connectivity index (χ2n) is 9.11. The van der Waals surface area contributed by atoms with Crippen LogP contribution >= 0.6 is 0 Å². The van der Waals surface area contributed by atoms with Crippen LogP contribution in [0.25, 0.3) is 21.8 Å². The smallest absolute Gasteiger partial charge is 0.214 e. The molecule has 0 radical (unpaired) electrons. The number of benzene rings is 3. The Bertz CT molecular complexity index is 1340. The Morgan fingerprint density at radius 2 is 0.941 bits per heavy atom. The first-order valence-electron chi connectivity index (χ1n) is 12.2. The molecule has 3 aliphatic heterocycles. The Labute approximate surface area is 200 Å². The van der Waals surface area contributed by atoms with E-state index in [0.717, 1.165) is 39.0 Å². The van der Waals surface area contributed by atoms with Gasteiger partial charge in [-0.2, -0.15) is 9.13 Å². The summed E-state index contributed by atoms with van der Waals surface area (Å²) in [6.45, 7) is 3.65. The summed E-state index contributed by atoms with van der Waals surface area (Å²) in [4.78, 5) is 0. The molecule has 0 atom stereocenters. The molecule has 0 fully saturated rings. The standard InChI is InChI=1S/C30H28N4/c1-3-9-29-25(7-1)27-15-19-33(29)17-5-6-18-34-20-16-28(26-8-2-4-10-30(26)34)32-22-24-13-11-23(12-14-24)21-31-27/h1-4,7-16,19-20H,5-6,17-18,21-22H2/p+2. The maximum Gasteiger partial charge on any atom is 0.214 e. The molecule has 2 aromatic heterocycles. The largest absolute Gasteiger partial charge is 0.380 e. The predicted molar refractivity (Wildman–Crippen MR) is 139 cm³/mol. The second kappa shape index (κ2) is 9.14. The fourth-order valence-corrected chi connectivity index (χ4v) is 5.00. The van der Waals surface area contributed by atoms with Crippen molar-refractivity contribution in [3.8, 4) is 0 Å². The predicted octanol–water partition coefficient (Wildman–Crippen LogP) is 5.59. The van der Waals surface area contributed by atoms with Gasteiger partial charge in [-0.3, -0.25) is 0 Å². The van der Waals surface area contributed by atoms with Crippen molar-refractivity contribution in [2.45, 2.75) is 39.0 Å². The van der Waals surface area contributed by atoms with Crippen LogP contribution in [-0.2, 0) is 26.2 Å². The van der Waals surface area contributed by atoms with Gasteiger partial charge in [0.15, 0.2) is 12.4 Å². The third kappa shape index (κ3) is 4.08. The number of rotatable bonds is 0. The highest BCUT2D eigenvalue weighted by atomic mass is 15.0. The van der Waals surface area contributed by atoms with Gasteiger partial charge in [-0.25, -0.2) is 0 Å². The first-order valence-corrected chi connectivity index (χ1v) is 12.2. The van der Waals surface area contributed by atoms with Crippen LogP contribution in [-0.4, -0.2) is 0 Å². The third-order valence-electron chi connectivity index (χ3n) is 6.89. The van der Waals surface area contributed by atoms with E-state index in [4.69, 9.17) is 0 Å². The van der Waals surface area contributed by atoms with E-state index in [1.807, 2.05) is 0 Å². The minimum absolute atomic E-state index is 0.811.